The van der Waals surface area contributed by atoms with Gasteiger partial charge in [-0.05, 0) is 135 Å². The lowest BCUT2D eigenvalue weighted by Gasteiger charge is -2.27. The van der Waals surface area contributed by atoms with Gasteiger partial charge in [-0.3, -0.25) is 53.1 Å². The van der Waals surface area contributed by atoms with Gasteiger partial charge in [0.25, 0.3) is 16.0 Å². The fourth-order valence-corrected chi connectivity index (χ4v) is 12.2. The molecule has 1 aliphatic rings. The fourth-order valence-electron chi connectivity index (χ4n) is 11.6. The Bertz CT molecular complexity index is 3790. The minimum Gasteiger partial charge on any atom is -0.508 e. The zero-order valence-electron chi connectivity index (χ0n) is 60.0. The van der Waals surface area contributed by atoms with E-state index < -0.39 is 94.4 Å². The van der Waals surface area contributed by atoms with Gasteiger partial charge in [0.2, 0.25) is 47.3 Å². The molecule has 11 N–H and O–H groups in total. The molecule has 0 spiro atoms. The van der Waals surface area contributed by atoms with Gasteiger partial charge in [0, 0.05) is 56.8 Å². The van der Waals surface area contributed by atoms with Crippen LogP contribution in [0.5, 0.6) is 5.75 Å². The van der Waals surface area contributed by atoms with Crippen molar-refractivity contribution in [3.8, 4) is 5.75 Å². The summed E-state index contributed by atoms with van der Waals surface area (Å²) in [6, 6.07) is 25.3. The predicted octanol–water partition coefficient (Wildman–Crippen LogP) is 7.55. The van der Waals surface area contributed by atoms with Gasteiger partial charge < -0.3 is 62.0 Å². The number of rotatable bonds is 42. The zero-order valence-corrected chi connectivity index (χ0v) is 60.8. The number of carbonyl (C=O) groups is 10. The molecule has 1 aromatic heterocycles. The quantitative estimate of drug-likeness (QED) is 0.00590. The Morgan fingerprint density at radius 1 is 0.654 bits per heavy atom. The Kier molecular flexibility index (Phi) is 34.2. The smallest absolute Gasteiger partial charge is 0.508 e. The van der Waals surface area contributed by atoms with Gasteiger partial charge in [0.1, 0.15) is 59.4 Å². The maximum atomic E-state index is 14.6. The highest BCUT2D eigenvalue weighted by molar-refractivity contribution is 7.86. The number of hydrogen-bond acceptors (Lipinski definition) is 18. The number of phenols is 1. The molecule has 2 heterocycles. The number of nitrogens with zero attached hydrogens (tertiary/aromatic N) is 3. The monoisotopic (exact) mass is 1460 g/mol. The summed E-state index contributed by atoms with van der Waals surface area (Å²) >= 11 is 0. The lowest BCUT2D eigenvalue weighted by atomic mass is 10.00. The molecule has 6 atom stereocenters. The summed E-state index contributed by atoms with van der Waals surface area (Å²) in [5, 5.41) is 36.2. The third-order valence-corrected chi connectivity index (χ3v) is 18.0. The second-order valence-electron chi connectivity index (χ2n) is 26.5. The number of nitrogens with one attached hydrogen (secondary N) is 9. The van der Waals surface area contributed by atoms with E-state index in [1.165, 1.54) is 66.7 Å². The van der Waals surface area contributed by atoms with E-state index in [0.29, 0.717) is 68.3 Å². The zero-order chi connectivity index (χ0) is 75.6. The van der Waals surface area contributed by atoms with Crippen molar-refractivity contribution in [1.82, 2.24) is 47.1 Å². The van der Waals surface area contributed by atoms with Crippen LogP contribution in [0.3, 0.4) is 0 Å². The average Bonchev–Trinajstić information content (AvgIpc) is 1.25. The number of aromatic hydroxyl groups is 1. The van der Waals surface area contributed by atoms with Crippen LogP contribution in [0.2, 0.25) is 0 Å². The first-order valence-corrected chi connectivity index (χ1v) is 36.9. The van der Waals surface area contributed by atoms with Crippen molar-refractivity contribution in [3.05, 3.63) is 149 Å². The molecular formula is C75H100N12O16S. The molecule has 6 rings (SSSR count). The van der Waals surface area contributed by atoms with Gasteiger partial charge in [0.05, 0.1) is 18.3 Å². The number of benzene rings is 4. The van der Waals surface area contributed by atoms with Gasteiger partial charge in [-0.1, -0.05) is 133 Å². The molecule has 0 aliphatic carbocycles. The molecule has 1 saturated heterocycles. The van der Waals surface area contributed by atoms with E-state index in [9.17, 15) is 66.0 Å². The van der Waals surface area contributed by atoms with Gasteiger partial charge in [-0.2, -0.15) is 13.5 Å². The largest absolute Gasteiger partial charge is 0.508 e. The summed E-state index contributed by atoms with van der Waals surface area (Å²) < 4.78 is 43.9. The molecule has 1 unspecified atom stereocenters. The van der Waals surface area contributed by atoms with Crippen LogP contribution in [0, 0.1) is 11.8 Å². The number of carbonyl (C=O) groups excluding carboxylic acids is 10. The lowest BCUT2D eigenvalue weighted by molar-refractivity contribution is -0.138. The highest BCUT2D eigenvalue weighted by Crippen LogP contribution is 2.22. The highest BCUT2D eigenvalue weighted by atomic mass is 32.2. The Hall–Kier alpha value is -10.3. The minimum atomic E-state index is -4.45. The van der Waals surface area contributed by atoms with Crippen LogP contribution in [0.15, 0.2) is 131 Å². The molecule has 1 aliphatic heterocycles. The van der Waals surface area contributed by atoms with Gasteiger partial charge in [0.15, 0.2) is 0 Å². The Morgan fingerprint density at radius 2 is 1.30 bits per heavy atom. The van der Waals surface area contributed by atoms with Crippen molar-refractivity contribution in [2.75, 3.05) is 36.9 Å². The number of ether oxygens (including phenoxy) is 2. The van der Waals surface area contributed by atoms with E-state index in [0.717, 1.165) is 37.7 Å². The van der Waals surface area contributed by atoms with Crippen LogP contribution in [-0.4, -0.2) is 156 Å². The number of aryl methyl sites for hydroxylation is 1. The van der Waals surface area contributed by atoms with Crippen LogP contribution in [0.25, 0.3) is 0 Å². The number of hydrazone groups is 1. The molecule has 5 aromatic rings. The van der Waals surface area contributed by atoms with Crippen molar-refractivity contribution < 1.29 is 75.5 Å². The third kappa shape index (κ3) is 29.6. The van der Waals surface area contributed by atoms with E-state index >= 15 is 0 Å². The van der Waals surface area contributed by atoms with Crippen molar-refractivity contribution in [1.29, 1.82) is 0 Å². The number of hydrogen-bond donors (Lipinski definition) is 11. The topological polar surface area (TPSA) is 401 Å². The number of phenolic OH excluding ortho intramolecular Hbond substituents is 1. The van der Waals surface area contributed by atoms with Crippen molar-refractivity contribution in [2.24, 2.45) is 16.9 Å². The summed E-state index contributed by atoms with van der Waals surface area (Å²) in [4.78, 5) is 140. The first-order valence-electron chi connectivity index (χ1n) is 35.4. The summed E-state index contributed by atoms with van der Waals surface area (Å²) in [5.74, 6) is -4.50. The Labute approximate surface area is 608 Å². The average molecular weight is 1460 g/mol. The van der Waals surface area contributed by atoms with Crippen LogP contribution < -0.4 is 48.0 Å². The van der Waals surface area contributed by atoms with E-state index in [1.54, 1.807) is 42.5 Å². The number of likely N-dealkylation sites (tertiary alicyclic amines) is 1. The maximum absolute atomic E-state index is 14.6. The predicted molar refractivity (Wildman–Crippen MR) is 391 cm³/mol. The van der Waals surface area contributed by atoms with E-state index in [2.05, 4.69) is 58.0 Å². The normalized spacial score (nSPS) is 14.2. The van der Waals surface area contributed by atoms with Gasteiger partial charge >= 0.3 is 6.16 Å². The SMILES string of the molecule is CCCCC(CCCCCCC(=O)NCCNC(=O)c1ccc(N/N=C/c2ccccc2S(=O)(=O)O)nc1)OC(=O)OCc1ccc(NC(=O)[C@H](CC(C)C)NC(=O)[C@H](Cc2ccc(O)cc2)NC(=O)[C@H](CCc2ccccc2)NC(=O)CNC(=O)[C@H](CC(C)C)NC(=O)[C@@H]2CCCN2C(C)=O)cc1. The molecule has 4 aromatic carbocycles. The van der Waals surface area contributed by atoms with E-state index in [-0.39, 0.29) is 103 Å². The number of unbranched alkanes of at least 4 members (excludes halogenated alkanes) is 4. The molecule has 562 valence electrons. The summed E-state index contributed by atoms with van der Waals surface area (Å²) in [7, 11) is -4.45. The number of amides is 9. The lowest BCUT2D eigenvalue weighted by Crippen LogP contribution is -2.58. The van der Waals surface area contributed by atoms with Gasteiger partial charge in [-0.15, -0.1) is 0 Å². The van der Waals surface area contributed by atoms with Gasteiger partial charge in [-0.25, -0.2) is 9.78 Å². The summed E-state index contributed by atoms with van der Waals surface area (Å²) in [5.41, 5.74) is 5.46. The molecule has 0 saturated carbocycles. The Morgan fingerprint density at radius 3 is 1.97 bits per heavy atom. The second kappa shape index (κ2) is 43.0. The molecule has 0 radical (unpaired) electrons. The standard InChI is InChI=1S/C75H100N12O16S/c1-7-8-22-59(23-14-9-10-15-26-67(90)76-39-40-77-69(92)56-32-38-66(78-45-56)86-80-46-55-21-16-17-25-65(55)104(99,100)101)103-75(98)102-48-54-27-33-57(34-28-54)81-72(95)62(43-50(4)5)83-73(96)63(44-53-29-35-58(89)36-30-53)84-71(94)60(37-31-52-19-12-11-13-20-52)82-68(91)47-79-70(93)61(42-49(2)3)85-74(97)64-24-18-41-87(64)51(6)88/h11-13,16-17,19-21,25,27-30,32-36,38,45-46,49-50,59-64,89H,7-10,14-15,18,22-24,26,31,37,39-44,47-48H2,1-6H3,(H,76,90)(H,77,92)(H,78,86)(H,79,93)(H,81,95)(H,82,91)(H,83,96)(H,84,94)(H,85,97)(H,99,100,101)/b80-46+/t59?,60-,61-,62-,63-,64-/m0/s1. The van der Waals surface area contributed by atoms with Crippen LogP contribution in [0.1, 0.15) is 164 Å². The maximum Gasteiger partial charge on any atom is 0.508 e. The van der Waals surface area contributed by atoms with E-state index in [4.69, 9.17) is 9.47 Å². The molecule has 29 heteroatoms. The third-order valence-electron chi connectivity index (χ3n) is 17.0. The second-order valence-corrected chi connectivity index (χ2v) is 27.9. The molecule has 9 amide bonds. The first kappa shape index (κ1) is 82.7. The number of pyridine rings is 1. The summed E-state index contributed by atoms with van der Waals surface area (Å²) in [6.45, 7) is 11.1. The molecule has 1 fully saturated rings. The van der Waals surface area contributed by atoms with E-state index in [1.807, 2.05) is 65.0 Å². The van der Waals surface area contributed by atoms with Crippen LogP contribution in [-0.2, 0) is 77.4 Å². The van der Waals surface area contributed by atoms with Crippen molar-refractivity contribution >= 4 is 87.2 Å². The molecular weight excluding hydrogens is 1360 g/mol. The first-order chi connectivity index (χ1) is 49.7. The Balaban J connectivity index is 0.949. The van der Waals surface area contributed by atoms with Crippen molar-refractivity contribution in [3.63, 3.8) is 0 Å². The molecule has 104 heavy (non-hydrogen) atoms. The molecule has 0 bridgehead atoms. The fraction of sp³-hybridized carbons (Fsp3) is 0.467. The number of anilines is 2. The molecule has 28 nitrogen and oxygen atoms in total. The summed E-state index contributed by atoms with van der Waals surface area (Å²) in [6.07, 6.45) is 9.43. The number of aromatic nitrogens is 1. The minimum absolute atomic E-state index is 0.0273. The van der Waals surface area contributed by atoms with Crippen LogP contribution >= 0.6 is 0 Å². The highest BCUT2D eigenvalue weighted by Gasteiger charge is 2.36. The van der Waals surface area contributed by atoms with Crippen molar-refractivity contribution in [2.45, 2.75) is 192 Å². The van der Waals surface area contributed by atoms with Crippen LogP contribution in [0.4, 0.5) is 16.3 Å².